The predicted molar refractivity (Wildman–Crippen MR) is 71.7 cm³/mol. The van der Waals surface area contributed by atoms with Crippen LogP contribution in [0, 0.1) is 0 Å². The molecule has 0 aliphatic heterocycles. The van der Waals surface area contributed by atoms with E-state index in [0.717, 1.165) is 22.0 Å². The van der Waals surface area contributed by atoms with Gasteiger partial charge in [-0.3, -0.25) is 4.79 Å². The number of carboxylic acids is 1. The highest BCUT2D eigenvalue weighted by molar-refractivity contribution is 8.00. The van der Waals surface area contributed by atoms with Gasteiger partial charge in [-0.1, -0.05) is 17.7 Å². The van der Waals surface area contributed by atoms with Crippen LogP contribution in [0.25, 0.3) is 10.2 Å². The van der Waals surface area contributed by atoms with E-state index in [-0.39, 0.29) is 5.75 Å². The molecule has 0 spiro atoms. The Labute approximate surface area is 111 Å². The first kappa shape index (κ1) is 12.6. The number of nitrogens with two attached hydrogens (primary N) is 1. The number of thioether (sulfide) groups is 1. The van der Waals surface area contributed by atoms with E-state index in [9.17, 15) is 4.79 Å². The smallest absolute Gasteiger partial charge is 0.313 e. The molecule has 1 heterocycles. The Kier molecular flexibility index (Phi) is 3.88. The molecule has 90 valence electrons. The first-order valence-electron chi connectivity index (χ1n) is 4.72. The number of thiazole rings is 1. The maximum Gasteiger partial charge on any atom is 0.313 e. The maximum atomic E-state index is 10.4. The molecule has 0 saturated carbocycles. The third-order valence-electron chi connectivity index (χ3n) is 2.02. The molecule has 3 N–H and O–H groups in total. The van der Waals surface area contributed by atoms with Gasteiger partial charge in [0.25, 0.3) is 0 Å². The minimum absolute atomic E-state index is 0.0369. The molecule has 0 bridgehead atoms. The summed E-state index contributed by atoms with van der Waals surface area (Å²) < 4.78 is 0.957. The van der Waals surface area contributed by atoms with Crippen LogP contribution in [0.4, 0.5) is 0 Å². The molecule has 0 radical (unpaired) electrons. The molecule has 1 aromatic heterocycles. The summed E-state index contributed by atoms with van der Waals surface area (Å²) in [6.45, 7) is 0. The molecule has 1 aromatic carbocycles. The average molecular weight is 289 g/mol. The van der Waals surface area contributed by atoms with E-state index < -0.39 is 11.3 Å². The van der Waals surface area contributed by atoms with Gasteiger partial charge in [-0.05, 0) is 12.1 Å². The van der Waals surface area contributed by atoms with Gasteiger partial charge in [-0.2, -0.15) is 0 Å². The molecule has 7 heteroatoms. The van der Waals surface area contributed by atoms with Crippen LogP contribution in [0.5, 0.6) is 0 Å². The van der Waals surface area contributed by atoms with Crippen LogP contribution < -0.4 is 5.73 Å². The number of hydrogen-bond donors (Lipinski definition) is 2. The van der Waals surface area contributed by atoms with Gasteiger partial charge in [-0.25, -0.2) is 4.98 Å². The molecule has 2 aromatic rings. The van der Waals surface area contributed by atoms with E-state index in [1.54, 1.807) is 6.07 Å². The lowest BCUT2D eigenvalue weighted by Crippen LogP contribution is -2.09. The van der Waals surface area contributed by atoms with Crippen molar-refractivity contribution >= 4 is 50.9 Å². The number of hydrogen-bond acceptors (Lipinski definition) is 5. The van der Waals surface area contributed by atoms with Crippen LogP contribution in [0.2, 0.25) is 5.02 Å². The van der Waals surface area contributed by atoms with Gasteiger partial charge < -0.3 is 10.8 Å². The second-order valence-corrected chi connectivity index (χ2v) is 5.86. The number of carbonyl (C=O) groups is 1. The number of para-hydroxylation sites is 1. The molecule has 0 amide bonds. The number of aromatic nitrogens is 1. The largest absolute Gasteiger partial charge is 0.481 e. The second kappa shape index (κ2) is 5.22. The van der Waals surface area contributed by atoms with Crippen molar-refractivity contribution in [2.75, 3.05) is 5.75 Å². The van der Waals surface area contributed by atoms with Crippen molar-refractivity contribution in [3.05, 3.63) is 28.2 Å². The standard InChI is InChI=1S/C10H9ClN2O2S2/c11-5-2-1-3-6-8(5)13-10(17-6)9(12)16-4-7(14)15/h1-3,9H,4,12H2,(H,14,15). The summed E-state index contributed by atoms with van der Waals surface area (Å²) in [4.78, 5) is 14.8. The quantitative estimate of drug-likeness (QED) is 0.846. The maximum absolute atomic E-state index is 10.4. The first-order chi connectivity index (χ1) is 8.08. The zero-order chi connectivity index (χ0) is 12.4. The summed E-state index contributed by atoms with van der Waals surface area (Å²) in [7, 11) is 0. The van der Waals surface area contributed by atoms with Crippen LogP contribution >= 0.6 is 34.7 Å². The monoisotopic (exact) mass is 288 g/mol. The zero-order valence-corrected chi connectivity index (χ0v) is 11.0. The number of aliphatic carboxylic acids is 1. The zero-order valence-electron chi connectivity index (χ0n) is 8.59. The van der Waals surface area contributed by atoms with Gasteiger partial charge in [0.05, 0.1) is 15.5 Å². The normalized spacial score (nSPS) is 12.8. The van der Waals surface area contributed by atoms with Crippen molar-refractivity contribution in [1.29, 1.82) is 0 Å². The van der Waals surface area contributed by atoms with Gasteiger partial charge in [0.2, 0.25) is 0 Å². The topological polar surface area (TPSA) is 76.2 Å². The highest BCUT2D eigenvalue weighted by Gasteiger charge is 2.15. The van der Waals surface area contributed by atoms with Gasteiger partial charge >= 0.3 is 5.97 Å². The number of halogens is 1. The number of nitrogens with zero attached hydrogens (tertiary/aromatic N) is 1. The van der Waals surface area contributed by atoms with Crippen molar-refractivity contribution in [3.63, 3.8) is 0 Å². The summed E-state index contributed by atoms with van der Waals surface area (Å²) in [5.41, 5.74) is 6.58. The van der Waals surface area contributed by atoms with E-state index in [1.165, 1.54) is 11.3 Å². The molecule has 0 fully saturated rings. The lowest BCUT2D eigenvalue weighted by atomic mass is 10.3. The van der Waals surface area contributed by atoms with Crippen molar-refractivity contribution in [1.82, 2.24) is 4.98 Å². The predicted octanol–water partition coefficient (Wildman–Crippen LogP) is 2.72. The highest BCUT2D eigenvalue weighted by atomic mass is 35.5. The van der Waals surface area contributed by atoms with Crippen LogP contribution in [0.1, 0.15) is 10.4 Å². The van der Waals surface area contributed by atoms with Crippen LogP contribution in [0.3, 0.4) is 0 Å². The fraction of sp³-hybridized carbons (Fsp3) is 0.200. The lowest BCUT2D eigenvalue weighted by molar-refractivity contribution is -0.133. The molecular weight excluding hydrogens is 280 g/mol. The molecule has 0 aliphatic rings. The first-order valence-corrected chi connectivity index (χ1v) is 6.96. The summed E-state index contributed by atoms with van der Waals surface area (Å²) in [6, 6.07) is 5.53. The Morgan fingerprint density at radius 2 is 2.41 bits per heavy atom. The number of carboxylic acid groups (broad SMARTS) is 1. The van der Waals surface area contributed by atoms with E-state index in [0.29, 0.717) is 10.0 Å². The van der Waals surface area contributed by atoms with Crippen molar-refractivity contribution in [3.8, 4) is 0 Å². The van der Waals surface area contributed by atoms with Crippen molar-refractivity contribution in [2.45, 2.75) is 5.37 Å². The molecule has 17 heavy (non-hydrogen) atoms. The Balaban J connectivity index is 2.24. The minimum atomic E-state index is -0.885. The molecule has 2 rings (SSSR count). The molecule has 0 saturated heterocycles. The fourth-order valence-corrected chi connectivity index (χ4v) is 3.30. The molecule has 0 aliphatic carbocycles. The Morgan fingerprint density at radius 1 is 1.65 bits per heavy atom. The van der Waals surface area contributed by atoms with E-state index >= 15 is 0 Å². The number of rotatable bonds is 4. The second-order valence-electron chi connectivity index (χ2n) is 3.26. The van der Waals surface area contributed by atoms with E-state index in [4.69, 9.17) is 22.4 Å². The third kappa shape index (κ3) is 2.90. The summed E-state index contributed by atoms with van der Waals surface area (Å²) in [5, 5.41) is 9.43. The Bertz CT molecular complexity index is 558. The van der Waals surface area contributed by atoms with Crippen molar-refractivity contribution < 1.29 is 9.90 Å². The summed E-state index contributed by atoms with van der Waals surface area (Å²) in [6.07, 6.45) is 0. The molecule has 4 nitrogen and oxygen atoms in total. The van der Waals surface area contributed by atoms with Gasteiger partial charge in [0.1, 0.15) is 15.9 Å². The van der Waals surface area contributed by atoms with Crippen LogP contribution in [-0.4, -0.2) is 21.8 Å². The Morgan fingerprint density at radius 3 is 3.06 bits per heavy atom. The fourth-order valence-electron chi connectivity index (χ4n) is 1.29. The highest BCUT2D eigenvalue weighted by Crippen LogP contribution is 2.33. The summed E-state index contributed by atoms with van der Waals surface area (Å²) >= 11 is 8.58. The lowest BCUT2D eigenvalue weighted by Gasteiger charge is -2.04. The SMILES string of the molecule is NC(SCC(=O)O)c1nc2c(Cl)cccc2s1. The van der Waals surface area contributed by atoms with Gasteiger partial charge in [-0.15, -0.1) is 23.1 Å². The van der Waals surface area contributed by atoms with E-state index in [1.807, 2.05) is 12.1 Å². The van der Waals surface area contributed by atoms with Crippen molar-refractivity contribution in [2.24, 2.45) is 5.73 Å². The van der Waals surface area contributed by atoms with Gasteiger partial charge in [0, 0.05) is 0 Å². The van der Waals surface area contributed by atoms with Crippen LogP contribution in [-0.2, 0) is 4.79 Å². The summed E-state index contributed by atoms with van der Waals surface area (Å²) in [5.74, 6) is -0.922. The van der Waals surface area contributed by atoms with E-state index in [2.05, 4.69) is 4.98 Å². The molecule has 1 unspecified atom stereocenters. The third-order valence-corrected chi connectivity index (χ3v) is 4.57. The molecular formula is C10H9ClN2O2S2. The van der Waals surface area contributed by atoms with Crippen LogP contribution in [0.15, 0.2) is 18.2 Å². The number of benzene rings is 1. The van der Waals surface area contributed by atoms with Gasteiger partial charge in [0.15, 0.2) is 0 Å². The average Bonchev–Trinajstić information content (AvgIpc) is 2.71. The Hall–Kier alpha value is -0.820. The molecule has 1 atom stereocenters. The number of fused-ring (bicyclic) bond motifs is 1. The minimum Gasteiger partial charge on any atom is -0.481 e.